The van der Waals surface area contributed by atoms with Crippen LogP contribution in [0.5, 0.6) is 0 Å². The largest absolute Gasteiger partial charge is 0.327 e. The second-order valence-corrected chi connectivity index (χ2v) is 5.12. The molecule has 0 saturated carbocycles. The number of aromatic amines is 1. The van der Waals surface area contributed by atoms with E-state index in [-0.39, 0.29) is 18.1 Å². The van der Waals surface area contributed by atoms with Crippen LogP contribution in [-0.2, 0) is 11.3 Å². The standard InChI is InChI=1S/C16H18FN3O2/c1-4-10(2)20(16(22)11(3)17)9-14-18-13-8-6-5-7-12(13)15(21)19-14/h5-8,10H,3-4,9H2,1-2H3,(H,18,19,21). The average molecular weight is 303 g/mol. The van der Waals surface area contributed by atoms with Crippen molar-refractivity contribution in [2.24, 2.45) is 0 Å². The Labute approximate surface area is 127 Å². The van der Waals surface area contributed by atoms with Crippen molar-refractivity contribution in [1.82, 2.24) is 14.9 Å². The minimum Gasteiger partial charge on any atom is -0.327 e. The van der Waals surface area contributed by atoms with Crippen molar-refractivity contribution >= 4 is 16.8 Å². The molecule has 0 aliphatic rings. The molecule has 1 heterocycles. The predicted octanol–water partition coefficient (Wildman–Crippen LogP) is 2.53. The summed E-state index contributed by atoms with van der Waals surface area (Å²) in [6.45, 7) is 6.77. The van der Waals surface area contributed by atoms with Gasteiger partial charge in [0.2, 0.25) is 0 Å². The van der Waals surface area contributed by atoms with Gasteiger partial charge in [-0.25, -0.2) is 9.37 Å². The van der Waals surface area contributed by atoms with Crippen molar-refractivity contribution in [1.29, 1.82) is 0 Å². The maximum absolute atomic E-state index is 13.2. The van der Waals surface area contributed by atoms with Gasteiger partial charge in [0.15, 0.2) is 5.83 Å². The zero-order chi connectivity index (χ0) is 16.3. The molecule has 5 nitrogen and oxygen atoms in total. The number of hydrogen-bond donors (Lipinski definition) is 1. The molecule has 1 unspecified atom stereocenters. The van der Waals surface area contributed by atoms with Crippen molar-refractivity contribution < 1.29 is 9.18 Å². The number of fused-ring (bicyclic) bond motifs is 1. The van der Waals surface area contributed by atoms with Crippen LogP contribution in [0.15, 0.2) is 41.5 Å². The first-order valence-corrected chi connectivity index (χ1v) is 7.07. The summed E-state index contributed by atoms with van der Waals surface area (Å²) in [6.07, 6.45) is 0.650. The minimum absolute atomic E-state index is 0.0247. The van der Waals surface area contributed by atoms with Gasteiger partial charge in [-0.05, 0) is 25.5 Å². The van der Waals surface area contributed by atoms with Gasteiger partial charge in [-0.3, -0.25) is 9.59 Å². The lowest BCUT2D eigenvalue weighted by Crippen LogP contribution is -2.38. The molecule has 22 heavy (non-hydrogen) atoms. The van der Waals surface area contributed by atoms with Gasteiger partial charge in [0, 0.05) is 6.04 Å². The summed E-state index contributed by atoms with van der Waals surface area (Å²) in [5.74, 6) is -1.49. The maximum atomic E-state index is 13.2. The Hall–Kier alpha value is -2.50. The second kappa shape index (κ2) is 6.51. The number of H-pyrrole nitrogens is 1. The van der Waals surface area contributed by atoms with Gasteiger partial charge in [-0.2, -0.15) is 0 Å². The van der Waals surface area contributed by atoms with Crippen molar-refractivity contribution in [2.75, 3.05) is 0 Å². The van der Waals surface area contributed by atoms with Crippen LogP contribution in [0.1, 0.15) is 26.1 Å². The lowest BCUT2D eigenvalue weighted by Gasteiger charge is -2.27. The first kappa shape index (κ1) is 15.9. The Bertz CT molecular complexity index is 769. The van der Waals surface area contributed by atoms with E-state index < -0.39 is 11.7 Å². The van der Waals surface area contributed by atoms with Gasteiger partial charge in [-0.15, -0.1) is 0 Å². The Kier molecular flexibility index (Phi) is 4.70. The van der Waals surface area contributed by atoms with Gasteiger partial charge < -0.3 is 9.88 Å². The molecule has 0 aliphatic heterocycles. The highest BCUT2D eigenvalue weighted by molar-refractivity contribution is 5.90. The summed E-state index contributed by atoms with van der Waals surface area (Å²) in [7, 11) is 0. The first-order valence-electron chi connectivity index (χ1n) is 7.07. The summed E-state index contributed by atoms with van der Waals surface area (Å²) >= 11 is 0. The van der Waals surface area contributed by atoms with Crippen molar-refractivity contribution in [3.05, 3.63) is 52.8 Å². The molecule has 0 radical (unpaired) electrons. The van der Waals surface area contributed by atoms with Gasteiger partial charge in [0.1, 0.15) is 5.82 Å². The third kappa shape index (κ3) is 3.21. The number of rotatable bonds is 5. The van der Waals surface area contributed by atoms with Crippen molar-refractivity contribution in [3.63, 3.8) is 0 Å². The van der Waals surface area contributed by atoms with Gasteiger partial charge >= 0.3 is 0 Å². The molecule has 1 N–H and O–H groups in total. The number of aromatic nitrogens is 2. The number of hydrogen-bond acceptors (Lipinski definition) is 3. The van der Waals surface area contributed by atoms with E-state index >= 15 is 0 Å². The van der Waals surface area contributed by atoms with Gasteiger partial charge in [-0.1, -0.05) is 25.6 Å². The molecule has 116 valence electrons. The van der Waals surface area contributed by atoms with Crippen LogP contribution in [0.3, 0.4) is 0 Å². The lowest BCUT2D eigenvalue weighted by atomic mass is 10.2. The third-order valence-corrected chi connectivity index (χ3v) is 3.60. The molecule has 0 bridgehead atoms. The highest BCUT2D eigenvalue weighted by Crippen LogP contribution is 2.13. The molecule has 6 heteroatoms. The van der Waals surface area contributed by atoms with E-state index in [1.807, 2.05) is 6.92 Å². The zero-order valence-corrected chi connectivity index (χ0v) is 12.6. The summed E-state index contributed by atoms with van der Waals surface area (Å²) in [6, 6.07) is 6.72. The summed E-state index contributed by atoms with van der Waals surface area (Å²) in [5, 5.41) is 0.475. The average Bonchev–Trinajstić information content (AvgIpc) is 2.51. The number of benzene rings is 1. The molecule has 1 aromatic heterocycles. The Morgan fingerprint density at radius 1 is 1.45 bits per heavy atom. The van der Waals surface area contributed by atoms with E-state index in [1.54, 1.807) is 31.2 Å². The fourth-order valence-electron chi connectivity index (χ4n) is 2.18. The minimum atomic E-state index is -1.02. The smallest absolute Gasteiger partial charge is 0.282 e. The molecular weight excluding hydrogens is 285 g/mol. The number of carbonyl (C=O) groups is 1. The lowest BCUT2D eigenvalue weighted by molar-refractivity contribution is -0.131. The molecule has 0 saturated heterocycles. The van der Waals surface area contributed by atoms with E-state index in [9.17, 15) is 14.0 Å². The Morgan fingerprint density at radius 2 is 2.14 bits per heavy atom. The van der Waals surface area contributed by atoms with Crippen LogP contribution in [0, 0.1) is 0 Å². The molecule has 0 aliphatic carbocycles. The molecule has 2 aromatic rings. The number of nitrogens with zero attached hydrogens (tertiary/aromatic N) is 2. The fourth-order valence-corrected chi connectivity index (χ4v) is 2.18. The zero-order valence-electron chi connectivity index (χ0n) is 12.6. The topological polar surface area (TPSA) is 66.1 Å². The van der Waals surface area contributed by atoms with Crippen LogP contribution in [0.25, 0.3) is 10.9 Å². The second-order valence-electron chi connectivity index (χ2n) is 5.12. The van der Waals surface area contributed by atoms with Crippen molar-refractivity contribution in [3.8, 4) is 0 Å². The summed E-state index contributed by atoms with van der Waals surface area (Å²) in [4.78, 5) is 32.2. The highest BCUT2D eigenvalue weighted by atomic mass is 19.1. The Morgan fingerprint density at radius 3 is 2.77 bits per heavy atom. The molecule has 0 fully saturated rings. The maximum Gasteiger partial charge on any atom is 0.282 e. The van der Waals surface area contributed by atoms with E-state index in [1.165, 1.54) is 4.90 Å². The number of carbonyl (C=O) groups excluding carboxylic acids is 1. The van der Waals surface area contributed by atoms with Gasteiger partial charge in [0.25, 0.3) is 11.5 Å². The molecule has 2 rings (SSSR count). The number of para-hydroxylation sites is 1. The first-order chi connectivity index (χ1) is 10.4. The molecular formula is C16H18FN3O2. The molecule has 1 atom stereocenters. The van der Waals surface area contributed by atoms with E-state index in [0.717, 1.165) is 0 Å². The number of halogens is 1. The fraction of sp³-hybridized carbons (Fsp3) is 0.312. The van der Waals surface area contributed by atoms with E-state index in [2.05, 4.69) is 16.5 Å². The molecule has 0 spiro atoms. The molecule has 1 aromatic carbocycles. The third-order valence-electron chi connectivity index (χ3n) is 3.60. The van der Waals surface area contributed by atoms with Gasteiger partial charge in [0.05, 0.1) is 17.4 Å². The normalized spacial score (nSPS) is 12.1. The van der Waals surface area contributed by atoms with E-state index in [0.29, 0.717) is 23.1 Å². The predicted molar refractivity (Wildman–Crippen MR) is 82.9 cm³/mol. The van der Waals surface area contributed by atoms with Crippen LogP contribution < -0.4 is 5.56 Å². The van der Waals surface area contributed by atoms with Crippen molar-refractivity contribution in [2.45, 2.75) is 32.9 Å². The van der Waals surface area contributed by atoms with Crippen LogP contribution in [0.2, 0.25) is 0 Å². The quantitative estimate of drug-likeness (QED) is 0.863. The highest BCUT2D eigenvalue weighted by Gasteiger charge is 2.22. The monoisotopic (exact) mass is 303 g/mol. The number of amides is 1. The number of nitrogens with one attached hydrogen (secondary N) is 1. The summed E-state index contributed by atoms with van der Waals surface area (Å²) < 4.78 is 13.2. The summed E-state index contributed by atoms with van der Waals surface area (Å²) in [5.41, 5.74) is 0.258. The van der Waals surface area contributed by atoms with E-state index in [4.69, 9.17) is 0 Å². The van der Waals surface area contributed by atoms with Crippen LogP contribution in [-0.4, -0.2) is 26.8 Å². The molecule has 1 amide bonds. The Balaban J connectivity index is 2.40. The SMILES string of the molecule is C=C(F)C(=O)N(Cc1nc2ccccc2c(=O)[nH]1)C(C)CC. The van der Waals surface area contributed by atoms with Crippen LogP contribution in [0.4, 0.5) is 4.39 Å². The van der Waals surface area contributed by atoms with Crippen LogP contribution >= 0.6 is 0 Å².